The van der Waals surface area contributed by atoms with E-state index in [4.69, 9.17) is 0 Å². The molecule has 2 heterocycles. The van der Waals surface area contributed by atoms with Crippen LogP contribution in [-0.4, -0.2) is 31.8 Å². The molecule has 1 fully saturated rings. The zero-order valence-electron chi connectivity index (χ0n) is 13.2. The number of imidazole rings is 1. The Morgan fingerprint density at radius 2 is 2.27 bits per heavy atom. The van der Waals surface area contributed by atoms with Crippen LogP contribution in [0, 0.1) is 6.92 Å². The maximum absolute atomic E-state index is 12.2. The van der Waals surface area contributed by atoms with Crippen LogP contribution in [0.5, 0.6) is 0 Å². The standard InChI is InChI=1S/C16H23N5O/c1-3-20-14(7-10-19-20)16(22)17-9-8-15-18-11-12(2)21(15)13-5-4-6-13/h7,10-11,13H,3-6,8-9H2,1-2H3,(H,17,22). The summed E-state index contributed by atoms with van der Waals surface area (Å²) in [6, 6.07) is 2.35. The Morgan fingerprint density at radius 1 is 1.45 bits per heavy atom. The topological polar surface area (TPSA) is 64.7 Å². The Bertz CT molecular complexity index is 653. The minimum absolute atomic E-state index is 0.0715. The molecular formula is C16H23N5O. The number of hydrogen-bond donors (Lipinski definition) is 1. The van der Waals surface area contributed by atoms with Gasteiger partial charge in [-0.25, -0.2) is 4.98 Å². The first-order chi connectivity index (χ1) is 10.7. The Hall–Kier alpha value is -2.11. The van der Waals surface area contributed by atoms with Crippen LogP contribution in [0.3, 0.4) is 0 Å². The first-order valence-electron chi connectivity index (χ1n) is 8.03. The fraction of sp³-hybridized carbons (Fsp3) is 0.562. The van der Waals surface area contributed by atoms with Crippen molar-refractivity contribution in [2.24, 2.45) is 0 Å². The van der Waals surface area contributed by atoms with Crippen molar-refractivity contribution in [1.82, 2.24) is 24.6 Å². The molecule has 6 heteroatoms. The number of carbonyl (C=O) groups is 1. The average molecular weight is 301 g/mol. The molecule has 0 atom stereocenters. The molecule has 2 aromatic rings. The van der Waals surface area contributed by atoms with Crippen LogP contribution < -0.4 is 5.32 Å². The normalized spacial score (nSPS) is 14.8. The first-order valence-corrected chi connectivity index (χ1v) is 8.03. The summed E-state index contributed by atoms with van der Waals surface area (Å²) in [6.07, 6.45) is 8.14. The molecule has 0 aliphatic heterocycles. The summed E-state index contributed by atoms with van der Waals surface area (Å²) < 4.78 is 4.04. The number of hydrogen-bond acceptors (Lipinski definition) is 3. The molecule has 2 aromatic heterocycles. The van der Waals surface area contributed by atoms with Gasteiger partial charge < -0.3 is 9.88 Å². The third kappa shape index (κ3) is 2.77. The summed E-state index contributed by atoms with van der Waals surface area (Å²) in [5.41, 5.74) is 1.83. The number of nitrogens with zero attached hydrogens (tertiary/aromatic N) is 4. The molecule has 22 heavy (non-hydrogen) atoms. The van der Waals surface area contributed by atoms with Gasteiger partial charge in [0.05, 0.1) is 0 Å². The van der Waals surface area contributed by atoms with Crippen molar-refractivity contribution >= 4 is 5.91 Å². The van der Waals surface area contributed by atoms with Gasteiger partial charge in [0.1, 0.15) is 11.5 Å². The lowest BCUT2D eigenvalue weighted by Crippen LogP contribution is -2.29. The van der Waals surface area contributed by atoms with Gasteiger partial charge in [-0.2, -0.15) is 5.10 Å². The molecule has 0 aromatic carbocycles. The quantitative estimate of drug-likeness (QED) is 0.888. The highest BCUT2D eigenvalue weighted by atomic mass is 16.2. The number of nitrogens with one attached hydrogen (secondary N) is 1. The third-order valence-electron chi connectivity index (χ3n) is 4.38. The van der Waals surface area contributed by atoms with Crippen molar-refractivity contribution < 1.29 is 4.79 Å². The van der Waals surface area contributed by atoms with E-state index in [-0.39, 0.29) is 5.91 Å². The zero-order chi connectivity index (χ0) is 15.5. The third-order valence-corrected chi connectivity index (χ3v) is 4.38. The molecule has 1 aliphatic rings. The molecule has 0 spiro atoms. The maximum atomic E-state index is 12.2. The van der Waals surface area contributed by atoms with Crippen molar-refractivity contribution in [3.63, 3.8) is 0 Å². The fourth-order valence-corrected chi connectivity index (χ4v) is 2.98. The second-order valence-electron chi connectivity index (χ2n) is 5.81. The highest BCUT2D eigenvalue weighted by Crippen LogP contribution is 2.33. The molecule has 3 rings (SSSR count). The Morgan fingerprint density at radius 3 is 2.95 bits per heavy atom. The van der Waals surface area contributed by atoms with E-state index in [0.29, 0.717) is 24.8 Å². The fourth-order valence-electron chi connectivity index (χ4n) is 2.98. The summed E-state index contributed by atoms with van der Waals surface area (Å²) in [6.45, 7) is 5.37. The van der Waals surface area contributed by atoms with E-state index in [0.717, 1.165) is 12.2 Å². The highest BCUT2D eigenvalue weighted by Gasteiger charge is 2.23. The summed E-state index contributed by atoms with van der Waals surface area (Å²) >= 11 is 0. The van der Waals surface area contributed by atoms with E-state index in [1.165, 1.54) is 25.0 Å². The molecule has 1 aliphatic carbocycles. The van der Waals surface area contributed by atoms with Crippen LogP contribution in [0.4, 0.5) is 0 Å². The SMILES string of the molecule is CCn1nccc1C(=O)NCCc1ncc(C)n1C1CCC1. The Labute approximate surface area is 130 Å². The lowest BCUT2D eigenvalue weighted by Gasteiger charge is -2.29. The van der Waals surface area contributed by atoms with Gasteiger partial charge >= 0.3 is 0 Å². The smallest absolute Gasteiger partial charge is 0.269 e. The molecule has 118 valence electrons. The van der Waals surface area contributed by atoms with E-state index in [9.17, 15) is 4.79 Å². The molecule has 6 nitrogen and oxygen atoms in total. The Balaban J connectivity index is 1.58. The van der Waals surface area contributed by atoms with Crippen molar-refractivity contribution in [2.45, 2.75) is 52.1 Å². The predicted octanol–water partition coefficient (Wildman–Crippen LogP) is 2.11. The van der Waals surface area contributed by atoms with E-state index in [1.807, 2.05) is 13.1 Å². The predicted molar refractivity (Wildman–Crippen MR) is 83.8 cm³/mol. The number of rotatable bonds is 6. The average Bonchev–Trinajstić information content (AvgIpc) is 3.06. The molecule has 0 unspecified atom stereocenters. The minimum atomic E-state index is -0.0715. The number of amides is 1. The summed E-state index contributed by atoms with van der Waals surface area (Å²) in [7, 11) is 0. The van der Waals surface area contributed by atoms with E-state index in [1.54, 1.807) is 16.9 Å². The molecule has 1 amide bonds. The molecule has 0 saturated heterocycles. The minimum Gasteiger partial charge on any atom is -0.350 e. The first kappa shape index (κ1) is 14.8. The second-order valence-corrected chi connectivity index (χ2v) is 5.81. The van der Waals surface area contributed by atoms with E-state index in [2.05, 4.69) is 26.9 Å². The van der Waals surface area contributed by atoms with Crippen molar-refractivity contribution in [3.05, 3.63) is 35.7 Å². The molecule has 1 saturated carbocycles. The monoisotopic (exact) mass is 301 g/mol. The van der Waals surface area contributed by atoms with Crippen LogP contribution in [-0.2, 0) is 13.0 Å². The van der Waals surface area contributed by atoms with Crippen LogP contribution in [0.15, 0.2) is 18.5 Å². The number of aromatic nitrogens is 4. The lowest BCUT2D eigenvalue weighted by atomic mass is 9.92. The number of carbonyl (C=O) groups excluding carboxylic acids is 1. The number of aryl methyl sites for hydroxylation is 2. The van der Waals surface area contributed by atoms with Gasteiger partial charge in [-0.05, 0) is 39.2 Å². The van der Waals surface area contributed by atoms with Gasteiger partial charge in [0, 0.05) is 43.6 Å². The van der Waals surface area contributed by atoms with E-state index >= 15 is 0 Å². The van der Waals surface area contributed by atoms with Gasteiger partial charge in [-0.15, -0.1) is 0 Å². The van der Waals surface area contributed by atoms with Gasteiger partial charge in [0.25, 0.3) is 5.91 Å². The van der Waals surface area contributed by atoms with Gasteiger partial charge in [-0.1, -0.05) is 0 Å². The zero-order valence-corrected chi connectivity index (χ0v) is 13.2. The van der Waals surface area contributed by atoms with Crippen molar-refractivity contribution in [2.75, 3.05) is 6.54 Å². The molecule has 0 bridgehead atoms. The maximum Gasteiger partial charge on any atom is 0.269 e. The van der Waals surface area contributed by atoms with Gasteiger partial charge in [0.2, 0.25) is 0 Å². The summed E-state index contributed by atoms with van der Waals surface area (Å²) in [5, 5.41) is 7.09. The van der Waals surface area contributed by atoms with Crippen molar-refractivity contribution in [3.8, 4) is 0 Å². The highest BCUT2D eigenvalue weighted by molar-refractivity contribution is 5.92. The van der Waals surface area contributed by atoms with E-state index < -0.39 is 0 Å². The van der Waals surface area contributed by atoms with Gasteiger partial charge in [-0.3, -0.25) is 9.48 Å². The lowest BCUT2D eigenvalue weighted by molar-refractivity contribution is 0.0943. The van der Waals surface area contributed by atoms with Crippen LogP contribution >= 0.6 is 0 Å². The second kappa shape index (κ2) is 6.34. The van der Waals surface area contributed by atoms with Crippen LogP contribution in [0.2, 0.25) is 0 Å². The van der Waals surface area contributed by atoms with Gasteiger partial charge in [0.15, 0.2) is 0 Å². The molecule has 0 radical (unpaired) electrons. The summed E-state index contributed by atoms with van der Waals surface area (Å²) in [4.78, 5) is 16.7. The van der Waals surface area contributed by atoms with Crippen molar-refractivity contribution in [1.29, 1.82) is 0 Å². The summed E-state index contributed by atoms with van der Waals surface area (Å²) in [5.74, 6) is 1.00. The molecular weight excluding hydrogens is 278 g/mol. The van der Waals surface area contributed by atoms with Crippen LogP contribution in [0.1, 0.15) is 54.2 Å². The van der Waals surface area contributed by atoms with Crippen LogP contribution in [0.25, 0.3) is 0 Å². The largest absolute Gasteiger partial charge is 0.350 e. The molecule has 1 N–H and O–H groups in total. The Kier molecular flexibility index (Phi) is 4.27.